The minimum absolute atomic E-state index is 0.132. The molecule has 0 saturated heterocycles. The lowest BCUT2D eigenvalue weighted by molar-refractivity contribution is 0.382. The zero-order valence-electron chi connectivity index (χ0n) is 9.12. The van der Waals surface area contributed by atoms with E-state index in [4.69, 9.17) is 10.6 Å². The summed E-state index contributed by atoms with van der Waals surface area (Å²) in [5, 5.41) is 0. The average Bonchev–Trinajstić information content (AvgIpc) is 2.38. The number of hydrazine groups is 1. The van der Waals surface area contributed by atoms with Gasteiger partial charge in [-0.3, -0.25) is 5.43 Å². The molecule has 1 heterocycles. The Morgan fingerprint density at radius 2 is 1.95 bits per heavy atom. The first-order valence-electron chi connectivity index (χ1n) is 4.83. The summed E-state index contributed by atoms with van der Waals surface area (Å²) in [6.45, 7) is 0. The number of hydrogen-bond donors (Lipinski definition) is 2. The first-order chi connectivity index (χ1) is 9.01. The number of hydrogen-bond acceptors (Lipinski definition) is 5. The Bertz CT molecular complexity index is 626. The van der Waals surface area contributed by atoms with Crippen molar-refractivity contribution in [1.82, 2.24) is 9.97 Å². The molecule has 0 aliphatic rings. The van der Waals surface area contributed by atoms with E-state index in [-0.39, 0.29) is 10.4 Å². The highest BCUT2D eigenvalue weighted by molar-refractivity contribution is 9.10. The molecule has 0 atom stereocenters. The smallest absolute Gasteiger partial charge is 0.261 e. The second kappa shape index (κ2) is 5.41. The van der Waals surface area contributed by atoms with E-state index < -0.39 is 29.1 Å². The molecule has 1 aromatic carbocycles. The standard InChI is InChI=1S/C10H6BrF3N4O/c11-4-1-5(12)8(14)7(2-4)19-9-6(13)3-16-10(17-9)18-15/h1-3H,15H2,(H,16,17,18). The fourth-order valence-electron chi connectivity index (χ4n) is 1.20. The monoisotopic (exact) mass is 334 g/mol. The van der Waals surface area contributed by atoms with Gasteiger partial charge in [-0.15, -0.1) is 0 Å². The van der Waals surface area contributed by atoms with Gasteiger partial charge in [-0.2, -0.15) is 13.8 Å². The molecule has 0 saturated carbocycles. The van der Waals surface area contributed by atoms with Crippen LogP contribution in [0, 0.1) is 17.5 Å². The van der Waals surface area contributed by atoms with Crippen LogP contribution in [0.3, 0.4) is 0 Å². The van der Waals surface area contributed by atoms with Crippen molar-refractivity contribution in [3.8, 4) is 11.6 Å². The number of rotatable bonds is 3. The van der Waals surface area contributed by atoms with E-state index in [1.165, 1.54) is 0 Å². The Morgan fingerprint density at radius 1 is 1.21 bits per heavy atom. The van der Waals surface area contributed by atoms with Crippen LogP contribution in [0.5, 0.6) is 11.6 Å². The largest absolute Gasteiger partial charge is 0.433 e. The van der Waals surface area contributed by atoms with E-state index in [0.29, 0.717) is 0 Å². The quantitative estimate of drug-likeness (QED) is 0.513. The average molecular weight is 335 g/mol. The summed E-state index contributed by atoms with van der Waals surface area (Å²) in [5.41, 5.74) is 2.07. The van der Waals surface area contributed by atoms with Gasteiger partial charge in [0.05, 0.1) is 6.20 Å². The van der Waals surface area contributed by atoms with Gasteiger partial charge in [-0.1, -0.05) is 15.9 Å². The molecule has 5 nitrogen and oxygen atoms in total. The Kier molecular flexibility index (Phi) is 3.86. The maximum Gasteiger partial charge on any atom is 0.261 e. The maximum absolute atomic E-state index is 13.5. The van der Waals surface area contributed by atoms with Crippen molar-refractivity contribution in [2.45, 2.75) is 0 Å². The number of nitrogens with one attached hydrogen (secondary N) is 1. The fraction of sp³-hybridized carbons (Fsp3) is 0. The van der Waals surface area contributed by atoms with Gasteiger partial charge in [-0.05, 0) is 12.1 Å². The van der Waals surface area contributed by atoms with Crippen LogP contribution in [0.25, 0.3) is 0 Å². The van der Waals surface area contributed by atoms with Gasteiger partial charge in [0.1, 0.15) is 0 Å². The van der Waals surface area contributed by atoms with Crippen molar-refractivity contribution in [1.29, 1.82) is 0 Å². The molecule has 0 unspecified atom stereocenters. The molecule has 2 aromatic rings. The number of halogens is 4. The van der Waals surface area contributed by atoms with Gasteiger partial charge >= 0.3 is 0 Å². The predicted octanol–water partition coefficient (Wildman–Crippen LogP) is 2.73. The number of nitrogen functional groups attached to an aromatic ring is 1. The van der Waals surface area contributed by atoms with Gasteiger partial charge in [-0.25, -0.2) is 15.2 Å². The third kappa shape index (κ3) is 2.93. The van der Waals surface area contributed by atoms with Gasteiger partial charge in [0.25, 0.3) is 5.88 Å². The summed E-state index contributed by atoms with van der Waals surface area (Å²) in [7, 11) is 0. The van der Waals surface area contributed by atoms with Crippen LogP contribution >= 0.6 is 15.9 Å². The first-order valence-corrected chi connectivity index (χ1v) is 5.62. The lowest BCUT2D eigenvalue weighted by Gasteiger charge is -2.08. The third-order valence-electron chi connectivity index (χ3n) is 2.01. The fourth-order valence-corrected chi connectivity index (χ4v) is 1.61. The van der Waals surface area contributed by atoms with E-state index in [0.717, 1.165) is 18.3 Å². The number of ether oxygens (including phenoxy) is 1. The van der Waals surface area contributed by atoms with E-state index >= 15 is 0 Å². The molecule has 0 fully saturated rings. The van der Waals surface area contributed by atoms with E-state index in [2.05, 4.69) is 31.3 Å². The molecule has 1 aromatic heterocycles. The summed E-state index contributed by atoms with van der Waals surface area (Å²) in [6, 6.07) is 2.04. The molecule has 0 radical (unpaired) electrons. The number of benzene rings is 1. The van der Waals surface area contributed by atoms with Crippen LogP contribution in [0.2, 0.25) is 0 Å². The molecule has 3 N–H and O–H groups in total. The molecule has 0 spiro atoms. The molecule has 2 rings (SSSR count). The van der Waals surface area contributed by atoms with E-state index in [1.54, 1.807) is 0 Å². The Labute approximate surface area is 113 Å². The number of nitrogens with two attached hydrogens (primary N) is 1. The summed E-state index contributed by atoms with van der Waals surface area (Å²) in [5.74, 6) is 0.460. The molecule has 0 amide bonds. The topological polar surface area (TPSA) is 73.1 Å². The summed E-state index contributed by atoms with van der Waals surface area (Å²) >= 11 is 2.96. The van der Waals surface area contributed by atoms with E-state index in [9.17, 15) is 13.2 Å². The lowest BCUT2D eigenvalue weighted by Crippen LogP contribution is -2.11. The number of anilines is 1. The van der Waals surface area contributed by atoms with Crippen LogP contribution in [-0.4, -0.2) is 9.97 Å². The molecule has 0 aliphatic heterocycles. The van der Waals surface area contributed by atoms with Crippen LogP contribution in [0.4, 0.5) is 19.1 Å². The van der Waals surface area contributed by atoms with Crippen LogP contribution in [-0.2, 0) is 0 Å². The minimum atomic E-state index is -1.26. The number of aromatic nitrogens is 2. The zero-order chi connectivity index (χ0) is 14.0. The highest BCUT2D eigenvalue weighted by Crippen LogP contribution is 2.30. The van der Waals surface area contributed by atoms with Crippen LogP contribution in [0.15, 0.2) is 22.8 Å². The third-order valence-corrected chi connectivity index (χ3v) is 2.47. The zero-order valence-corrected chi connectivity index (χ0v) is 10.7. The SMILES string of the molecule is NNc1ncc(F)c(Oc2cc(Br)cc(F)c2F)n1. The lowest BCUT2D eigenvalue weighted by atomic mass is 10.3. The van der Waals surface area contributed by atoms with Crippen molar-refractivity contribution in [3.05, 3.63) is 40.3 Å². The first kappa shape index (κ1) is 13.6. The molecule has 0 bridgehead atoms. The molecule has 9 heteroatoms. The second-order valence-electron chi connectivity index (χ2n) is 3.29. The summed E-state index contributed by atoms with van der Waals surface area (Å²) in [6.07, 6.45) is 0.782. The molecule has 100 valence electrons. The minimum Gasteiger partial charge on any atom is -0.433 e. The molecule has 19 heavy (non-hydrogen) atoms. The number of nitrogens with zero attached hydrogens (tertiary/aromatic N) is 2. The Hall–Kier alpha value is -1.87. The highest BCUT2D eigenvalue weighted by atomic mass is 79.9. The van der Waals surface area contributed by atoms with Crippen molar-refractivity contribution in [2.24, 2.45) is 5.84 Å². The second-order valence-corrected chi connectivity index (χ2v) is 4.21. The van der Waals surface area contributed by atoms with Crippen LogP contribution in [0.1, 0.15) is 0 Å². The summed E-state index contributed by atoms with van der Waals surface area (Å²) in [4.78, 5) is 7.01. The molecule has 0 aliphatic carbocycles. The van der Waals surface area contributed by atoms with Crippen LogP contribution < -0.4 is 16.0 Å². The Morgan fingerprint density at radius 3 is 2.63 bits per heavy atom. The Balaban J connectivity index is 2.41. The van der Waals surface area contributed by atoms with Crippen molar-refractivity contribution >= 4 is 21.9 Å². The van der Waals surface area contributed by atoms with Crippen molar-refractivity contribution < 1.29 is 17.9 Å². The van der Waals surface area contributed by atoms with Gasteiger partial charge in [0.15, 0.2) is 11.6 Å². The van der Waals surface area contributed by atoms with Gasteiger partial charge in [0, 0.05) is 4.47 Å². The normalized spacial score (nSPS) is 10.4. The predicted molar refractivity (Wildman–Crippen MR) is 63.9 cm³/mol. The highest BCUT2D eigenvalue weighted by Gasteiger charge is 2.16. The molecular formula is C10H6BrF3N4O. The van der Waals surface area contributed by atoms with Crippen molar-refractivity contribution in [3.63, 3.8) is 0 Å². The van der Waals surface area contributed by atoms with E-state index in [1.807, 2.05) is 0 Å². The van der Waals surface area contributed by atoms with Gasteiger partial charge < -0.3 is 4.74 Å². The maximum atomic E-state index is 13.5. The van der Waals surface area contributed by atoms with Gasteiger partial charge in [0.2, 0.25) is 17.6 Å². The summed E-state index contributed by atoms with van der Waals surface area (Å²) < 4.78 is 45.1. The van der Waals surface area contributed by atoms with Crippen molar-refractivity contribution in [2.75, 3.05) is 5.43 Å². The molecular weight excluding hydrogens is 329 g/mol.